The zero-order valence-electron chi connectivity index (χ0n) is 12.9. The molecule has 0 amide bonds. The minimum absolute atomic E-state index is 0.0172. The van der Waals surface area contributed by atoms with Crippen LogP contribution >= 0.6 is 11.6 Å². The summed E-state index contributed by atoms with van der Waals surface area (Å²) >= 11 is 5.97. The number of hydrogen-bond acceptors (Lipinski definition) is 5. The molecule has 0 spiro atoms. The number of pyridine rings is 1. The molecule has 0 atom stereocenters. The van der Waals surface area contributed by atoms with Crippen LogP contribution in [0.3, 0.4) is 0 Å². The molecular formula is C16H13ClN2O4S. The summed E-state index contributed by atoms with van der Waals surface area (Å²) in [6.07, 6.45) is 1.10. The zero-order chi connectivity index (χ0) is 17.5. The smallest absolute Gasteiger partial charge is 0.339 e. The first kappa shape index (κ1) is 16.5. The van der Waals surface area contributed by atoms with E-state index in [0.29, 0.717) is 16.7 Å². The SMILES string of the molecule is COC(=O)c1ccccc1-n1c(S(C)(=O)=O)cc2ccc(Cl)nc21. The second kappa shape index (κ2) is 5.92. The van der Waals surface area contributed by atoms with Crippen molar-refractivity contribution in [1.29, 1.82) is 0 Å². The lowest BCUT2D eigenvalue weighted by molar-refractivity contribution is 0.0600. The number of fused-ring (bicyclic) bond motifs is 1. The Morgan fingerprint density at radius 1 is 1.21 bits per heavy atom. The molecule has 0 aliphatic carbocycles. The van der Waals surface area contributed by atoms with Crippen LogP contribution in [0.4, 0.5) is 0 Å². The fourth-order valence-electron chi connectivity index (χ4n) is 2.49. The van der Waals surface area contributed by atoms with Crippen LogP contribution in [0.25, 0.3) is 16.7 Å². The molecule has 3 rings (SSSR count). The number of nitrogens with zero attached hydrogens (tertiary/aromatic N) is 2. The third kappa shape index (κ3) is 2.76. The molecule has 0 fully saturated rings. The Morgan fingerprint density at radius 3 is 2.58 bits per heavy atom. The third-order valence-corrected chi connectivity index (χ3v) is 4.78. The molecule has 0 unspecified atom stereocenters. The summed E-state index contributed by atoms with van der Waals surface area (Å²) in [7, 11) is -2.31. The Morgan fingerprint density at radius 2 is 1.92 bits per heavy atom. The van der Waals surface area contributed by atoms with Gasteiger partial charge in [0.25, 0.3) is 0 Å². The van der Waals surface area contributed by atoms with Crippen LogP contribution in [-0.4, -0.2) is 37.3 Å². The standard InChI is InChI=1S/C16H13ClN2O4S/c1-23-16(20)11-5-3-4-6-12(11)19-14(24(2,21)22)9-10-7-8-13(17)18-15(10)19/h3-9H,1-2H3. The molecule has 0 saturated carbocycles. The highest BCUT2D eigenvalue weighted by Gasteiger charge is 2.23. The first-order valence-corrected chi connectivity index (χ1v) is 9.15. The van der Waals surface area contributed by atoms with E-state index in [9.17, 15) is 13.2 Å². The molecule has 2 aromatic heterocycles. The second-order valence-corrected chi connectivity index (χ2v) is 7.50. The number of halogens is 1. The normalized spacial score (nSPS) is 11.6. The van der Waals surface area contributed by atoms with Gasteiger partial charge in [0.15, 0.2) is 9.84 Å². The third-order valence-electron chi connectivity index (χ3n) is 3.51. The van der Waals surface area contributed by atoms with Gasteiger partial charge in [-0.2, -0.15) is 0 Å². The molecule has 124 valence electrons. The average molecular weight is 365 g/mol. The van der Waals surface area contributed by atoms with E-state index in [-0.39, 0.29) is 15.7 Å². The van der Waals surface area contributed by atoms with Crippen molar-refractivity contribution in [2.75, 3.05) is 13.4 Å². The molecule has 0 bridgehead atoms. The molecule has 0 N–H and O–H groups in total. The number of hydrogen-bond donors (Lipinski definition) is 0. The molecule has 8 heteroatoms. The molecule has 24 heavy (non-hydrogen) atoms. The monoisotopic (exact) mass is 364 g/mol. The van der Waals surface area contributed by atoms with Crippen molar-refractivity contribution in [2.45, 2.75) is 5.03 Å². The highest BCUT2D eigenvalue weighted by Crippen LogP contribution is 2.29. The number of methoxy groups -OCH3 is 1. The molecule has 0 saturated heterocycles. The van der Waals surface area contributed by atoms with E-state index < -0.39 is 15.8 Å². The van der Waals surface area contributed by atoms with Gasteiger partial charge in [0.05, 0.1) is 18.4 Å². The van der Waals surface area contributed by atoms with E-state index in [0.717, 1.165) is 6.26 Å². The van der Waals surface area contributed by atoms with Crippen LogP contribution in [0, 0.1) is 0 Å². The lowest BCUT2D eigenvalue weighted by Gasteiger charge is -2.13. The van der Waals surface area contributed by atoms with Gasteiger partial charge in [-0.05, 0) is 30.3 Å². The van der Waals surface area contributed by atoms with Crippen molar-refractivity contribution < 1.29 is 17.9 Å². The van der Waals surface area contributed by atoms with Gasteiger partial charge in [-0.3, -0.25) is 4.57 Å². The highest BCUT2D eigenvalue weighted by atomic mass is 35.5. The number of rotatable bonds is 3. The maximum atomic E-state index is 12.2. The quantitative estimate of drug-likeness (QED) is 0.527. The van der Waals surface area contributed by atoms with Gasteiger partial charge in [0.2, 0.25) is 0 Å². The largest absolute Gasteiger partial charge is 0.465 e. The molecule has 0 aliphatic rings. The minimum Gasteiger partial charge on any atom is -0.465 e. The van der Waals surface area contributed by atoms with Gasteiger partial charge < -0.3 is 4.74 Å². The molecule has 6 nitrogen and oxygen atoms in total. The molecule has 3 aromatic rings. The van der Waals surface area contributed by atoms with Crippen LogP contribution in [0.5, 0.6) is 0 Å². The van der Waals surface area contributed by atoms with Gasteiger partial charge in [-0.15, -0.1) is 0 Å². The van der Waals surface area contributed by atoms with E-state index in [1.165, 1.54) is 17.7 Å². The maximum Gasteiger partial charge on any atom is 0.339 e. The molecule has 2 heterocycles. The van der Waals surface area contributed by atoms with E-state index in [1.54, 1.807) is 36.4 Å². The van der Waals surface area contributed by atoms with Crippen molar-refractivity contribution in [3.05, 3.63) is 53.2 Å². The summed E-state index contributed by atoms with van der Waals surface area (Å²) in [5.74, 6) is -0.575. The molecular weight excluding hydrogens is 352 g/mol. The number of ether oxygens (including phenoxy) is 1. The fourth-order valence-corrected chi connectivity index (χ4v) is 3.49. The van der Waals surface area contributed by atoms with Gasteiger partial charge in [-0.25, -0.2) is 18.2 Å². The van der Waals surface area contributed by atoms with Crippen LogP contribution in [-0.2, 0) is 14.6 Å². The Kier molecular flexibility index (Phi) is 4.06. The van der Waals surface area contributed by atoms with Crippen molar-refractivity contribution in [2.24, 2.45) is 0 Å². The predicted molar refractivity (Wildman–Crippen MR) is 90.5 cm³/mol. The number of carbonyl (C=O) groups excluding carboxylic acids is 1. The summed E-state index contributed by atoms with van der Waals surface area (Å²) < 4.78 is 30.7. The van der Waals surface area contributed by atoms with Crippen molar-refractivity contribution in [3.8, 4) is 5.69 Å². The van der Waals surface area contributed by atoms with Gasteiger partial charge in [0, 0.05) is 11.6 Å². The summed E-state index contributed by atoms with van der Waals surface area (Å²) in [4.78, 5) is 16.3. The van der Waals surface area contributed by atoms with E-state index in [1.807, 2.05) is 0 Å². The van der Waals surface area contributed by atoms with Crippen molar-refractivity contribution >= 4 is 38.4 Å². The number of benzene rings is 1. The van der Waals surface area contributed by atoms with Gasteiger partial charge >= 0.3 is 5.97 Å². The summed E-state index contributed by atoms with van der Waals surface area (Å²) in [6.45, 7) is 0. The molecule has 1 aromatic carbocycles. The second-order valence-electron chi connectivity index (χ2n) is 5.15. The average Bonchev–Trinajstić information content (AvgIpc) is 2.92. The van der Waals surface area contributed by atoms with E-state index in [4.69, 9.17) is 16.3 Å². The Balaban J connectivity index is 2.46. The summed E-state index contributed by atoms with van der Waals surface area (Å²) in [6, 6.07) is 11.3. The lowest BCUT2D eigenvalue weighted by Crippen LogP contribution is -2.12. The Labute approximate surface area is 143 Å². The number of sulfone groups is 1. The van der Waals surface area contributed by atoms with E-state index in [2.05, 4.69) is 4.98 Å². The van der Waals surface area contributed by atoms with Crippen molar-refractivity contribution in [1.82, 2.24) is 9.55 Å². The molecule has 0 aliphatic heterocycles. The summed E-state index contributed by atoms with van der Waals surface area (Å²) in [5.41, 5.74) is 0.929. The van der Waals surface area contributed by atoms with Gasteiger partial charge in [0.1, 0.15) is 15.8 Å². The number of aromatic nitrogens is 2. The minimum atomic E-state index is -3.58. The van der Waals surface area contributed by atoms with Crippen LogP contribution < -0.4 is 0 Å². The number of esters is 1. The Hall–Kier alpha value is -2.38. The van der Waals surface area contributed by atoms with Crippen molar-refractivity contribution in [3.63, 3.8) is 0 Å². The van der Waals surface area contributed by atoms with Gasteiger partial charge in [-0.1, -0.05) is 23.7 Å². The predicted octanol–water partition coefficient (Wildman–Crippen LogP) is 2.87. The van der Waals surface area contributed by atoms with Crippen LogP contribution in [0.1, 0.15) is 10.4 Å². The zero-order valence-corrected chi connectivity index (χ0v) is 14.4. The Bertz CT molecular complexity index is 1060. The molecule has 0 radical (unpaired) electrons. The maximum absolute atomic E-state index is 12.2. The topological polar surface area (TPSA) is 78.3 Å². The first-order valence-electron chi connectivity index (χ1n) is 6.88. The summed E-state index contributed by atoms with van der Waals surface area (Å²) in [5, 5.41) is 0.834. The lowest BCUT2D eigenvalue weighted by atomic mass is 10.2. The first-order chi connectivity index (χ1) is 11.3. The van der Waals surface area contributed by atoms with E-state index >= 15 is 0 Å². The fraction of sp³-hybridized carbons (Fsp3) is 0.125. The highest BCUT2D eigenvalue weighted by molar-refractivity contribution is 7.90. The number of para-hydroxylation sites is 1. The van der Waals surface area contributed by atoms with Crippen LogP contribution in [0.2, 0.25) is 5.15 Å². The number of carbonyl (C=O) groups is 1. The van der Waals surface area contributed by atoms with Crippen LogP contribution in [0.15, 0.2) is 47.5 Å².